The summed E-state index contributed by atoms with van der Waals surface area (Å²) in [4.78, 5) is 25.4. The molecule has 0 radical (unpaired) electrons. The van der Waals surface area contributed by atoms with Gasteiger partial charge in [-0.2, -0.15) is 5.10 Å². The number of nitrogens with zero attached hydrogens (tertiary/aromatic N) is 2. The largest absolute Gasteiger partial charge is 0.477 e. The van der Waals surface area contributed by atoms with Crippen molar-refractivity contribution in [2.45, 2.75) is 18.8 Å². The van der Waals surface area contributed by atoms with Crippen LogP contribution in [-0.4, -0.2) is 38.8 Å². The summed E-state index contributed by atoms with van der Waals surface area (Å²) in [7, 11) is 0. The van der Waals surface area contributed by atoms with Gasteiger partial charge < -0.3 is 15.4 Å². The number of rotatable bonds is 2. The molecule has 7 nitrogen and oxygen atoms in total. The number of aromatic amines is 1. The van der Waals surface area contributed by atoms with Gasteiger partial charge in [-0.3, -0.25) is 4.79 Å². The van der Waals surface area contributed by atoms with Crippen LogP contribution in [0.5, 0.6) is 0 Å². The smallest absolute Gasteiger partial charge is 0.341 e. The van der Waals surface area contributed by atoms with E-state index in [-0.39, 0.29) is 22.7 Å². The van der Waals surface area contributed by atoms with E-state index in [0.29, 0.717) is 0 Å². The molecule has 3 N–H and O–H groups in total. The molecule has 19 heavy (non-hydrogen) atoms. The van der Waals surface area contributed by atoms with Crippen LogP contribution in [-0.2, 0) is 0 Å². The first-order valence-electron chi connectivity index (χ1n) is 6.22. The van der Waals surface area contributed by atoms with Crippen LogP contribution >= 0.6 is 0 Å². The van der Waals surface area contributed by atoms with E-state index in [4.69, 9.17) is 5.11 Å². The Morgan fingerprint density at radius 2 is 2.16 bits per heavy atom. The highest BCUT2D eigenvalue weighted by atomic mass is 16.4. The average molecular weight is 262 g/mol. The number of carboxylic acids is 1. The Balaban J connectivity index is 2.18. The molecule has 3 heterocycles. The molecule has 7 heteroatoms. The molecule has 1 aliphatic heterocycles. The fraction of sp³-hybridized carbons (Fsp3) is 0.417. The number of aromatic nitrogens is 3. The Morgan fingerprint density at radius 1 is 1.42 bits per heavy atom. The molecule has 1 aliphatic rings. The van der Waals surface area contributed by atoms with E-state index in [2.05, 4.69) is 15.4 Å². The number of H-pyrrole nitrogens is 1. The van der Waals surface area contributed by atoms with E-state index in [9.17, 15) is 9.59 Å². The monoisotopic (exact) mass is 262 g/mol. The molecule has 100 valence electrons. The van der Waals surface area contributed by atoms with Crippen molar-refractivity contribution >= 4 is 11.6 Å². The number of hydrogen-bond acceptors (Lipinski definition) is 4. The third-order valence-corrected chi connectivity index (χ3v) is 3.52. The van der Waals surface area contributed by atoms with Gasteiger partial charge in [-0.25, -0.2) is 9.31 Å². The van der Waals surface area contributed by atoms with Crippen LogP contribution in [0.15, 0.2) is 17.1 Å². The zero-order chi connectivity index (χ0) is 13.4. The third-order valence-electron chi connectivity index (χ3n) is 3.52. The summed E-state index contributed by atoms with van der Waals surface area (Å²) >= 11 is 0. The van der Waals surface area contributed by atoms with E-state index in [1.165, 1.54) is 12.3 Å². The zero-order valence-electron chi connectivity index (χ0n) is 10.2. The van der Waals surface area contributed by atoms with Crippen molar-refractivity contribution < 1.29 is 9.90 Å². The van der Waals surface area contributed by atoms with Crippen LogP contribution in [0.25, 0.3) is 5.65 Å². The molecule has 0 amide bonds. The minimum Gasteiger partial charge on any atom is -0.477 e. The lowest BCUT2D eigenvalue weighted by Crippen LogP contribution is -2.28. The first-order chi connectivity index (χ1) is 9.16. The predicted octanol–water partition coefficient (Wildman–Crippen LogP) is 0.188. The number of aromatic carboxylic acids is 1. The fourth-order valence-electron chi connectivity index (χ4n) is 2.58. The molecule has 0 spiro atoms. The molecule has 0 bridgehead atoms. The summed E-state index contributed by atoms with van der Waals surface area (Å²) in [5.74, 6) is -0.860. The Labute approximate surface area is 108 Å². The molecule has 2 aromatic heterocycles. The Hall–Kier alpha value is -2.15. The topological polar surface area (TPSA) is 99.5 Å². The summed E-state index contributed by atoms with van der Waals surface area (Å²) in [6, 6.07) is 1.52. The van der Waals surface area contributed by atoms with Crippen molar-refractivity contribution in [1.29, 1.82) is 0 Å². The summed E-state index contributed by atoms with van der Waals surface area (Å²) in [6.07, 6.45) is 3.11. The van der Waals surface area contributed by atoms with Crippen LogP contribution in [0.4, 0.5) is 0 Å². The van der Waals surface area contributed by atoms with E-state index in [0.717, 1.165) is 31.6 Å². The maximum atomic E-state index is 11.7. The Morgan fingerprint density at radius 3 is 2.84 bits per heavy atom. The van der Waals surface area contributed by atoms with Crippen LogP contribution < -0.4 is 10.9 Å². The normalized spacial score (nSPS) is 16.8. The van der Waals surface area contributed by atoms with Gasteiger partial charge in [0.25, 0.3) is 5.56 Å². The van der Waals surface area contributed by atoms with Gasteiger partial charge in [0.2, 0.25) is 0 Å². The minimum absolute atomic E-state index is 0.0212. The molecular formula is C12H14N4O3. The predicted molar refractivity (Wildman–Crippen MR) is 67.6 cm³/mol. The number of piperidine rings is 1. The van der Waals surface area contributed by atoms with E-state index >= 15 is 0 Å². The SMILES string of the molecule is O=C(O)c1cnn2c(C3CCNCC3)cc(=O)[nH]c12. The van der Waals surface area contributed by atoms with E-state index in [1.54, 1.807) is 4.52 Å². The van der Waals surface area contributed by atoms with Crippen molar-refractivity contribution in [3.8, 4) is 0 Å². The van der Waals surface area contributed by atoms with Gasteiger partial charge in [0.1, 0.15) is 5.56 Å². The molecule has 0 aliphatic carbocycles. The third kappa shape index (κ3) is 2.01. The average Bonchev–Trinajstić information content (AvgIpc) is 2.82. The van der Waals surface area contributed by atoms with Crippen LogP contribution in [0.2, 0.25) is 0 Å². The van der Waals surface area contributed by atoms with Gasteiger partial charge in [0, 0.05) is 12.0 Å². The van der Waals surface area contributed by atoms with Crippen molar-refractivity contribution in [2.75, 3.05) is 13.1 Å². The summed E-state index contributed by atoms with van der Waals surface area (Å²) in [5.41, 5.74) is 0.776. The van der Waals surface area contributed by atoms with Crippen molar-refractivity contribution in [2.24, 2.45) is 0 Å². The molecule has 0 atom stereocenters. The first-order valence-corrected chi connectivity index (χ1v) is 6.22. The molecule has 1 saturated heterocycles. The highest BCUT2D eigenvalue weighted by Gasteiger charge is 2.21. The number of hydrogen-bond donors (Lipinski definition) is 3. The summed E-state index contributed by atoms with van der Waals surface area (Å²) < 4.78 is 1.54. The molecule has 1 fully saturated rings. The van der Waals surface area contributed by atoms with Gasteiger partial charge in [0.05, 0.1) is 11.9 Å². The standard InChI is InChI=1S/C12H14N4O3/c17-10-5-9(7-1-3-13-4-2-7)16-11(15-10)8(6-14-16)12(18)19/h5-7,13H,1-4H2,(H,15,17)(H,18,19). The van der Waals surface area contributed by atoms with Crippen LogP contribution in [0.3, 0.4) is 0 Å². The van der Waals surface area contributed by atoms with Gasteiger partial charge in [-0.05, 0) is 25.9 Å². The number of nitrogens with one attached hydrogen (secondary N) is 2. The maximum Gasteiger partial charge on any atom is 0.341 e. The highest BCUT2D eigenvalue weighted by Crippen LogP contribution is 2.24. The Bertz CT molecular complexity index is 682. The maximum absolute atomic E-state index is 11.7. The zero-order valence-corrected chi connectivity index (χ0v) is 10.2. The van der Waals surface area contributed by atoms with Crippen molar-refractivity contribution in [3.05, 3.63) is 33.9 Å². The minimum atomic E-state index is -1.09. The van der Waals surface area contributed by atoms with Crippen molar-refractivity contribution in [3.63, 3.8) is 0 Å². The second kappa shape index (κ2) is 4.51. The van der Waals surface area contributed by atoms with Gasteiger partial charge in [0.15, 0.2) is 5.65 Å². The number of carboxylic acid groups (broad SMARTS) is 1. The van der Waals surface area contributed by atoms with E-state index < -0.39 is 5.97 Å². The quantitative estimate of drug-likeness (QED) is 0.717. The lowest BCUT2D eigenvalue weighted by Gasteiger charge is -2.23. The summed E-state index contributed by atoms with van der Waals surface area (Å²) in [5, 5.41) is 16.4. The van der Waals surface area contributed by atoms with Gasteiger partial charge >= 0.3 is 5.97 Å². The second-order valence-corrected chi connectivity index (χ2v) is 4.71. The van der Waals surface area contributed by atoms with Gasteiger partial charge in [-0.1, -0.05) is 0 Å². The molecule has 0 saturated carbocycles. The van der Waals surface area contributed by atoms with E-state index in [1.807, 2.05) is 0 Å². The Kier molecular flexibility index (Phi) is 2.83. The first kappa shape index (κ1) is 11.9. The lowest BCUT2D eigenvalue weighted by molar-refractivity contribution is 0.0698. The molecule has 0 aromatic carbocycles. The molecular weight excluding hydrogens is 248 g/mol. The summed E-state index contributed by atoms with van der Waals surface area (Å²) in [6.45, 7) is 1.79. The fourth-order valence-corrected chi connectivity index (χ4v) is 2.58. The van der Waals surface area contributed by atoms with Crippen molar-refractivity contribution in [1.82, 2.24) is 19.9 Å². The second-order valence-electron chi connectivity index (χ2n) is 4.71. The van der Waals surface area contributed by atoms with Crippen LogP contribution in [0.1, 0.15) is 34.8 Å². The highest BCUT2D eigenvalue weighted by molar-refractivity contribution is 5.94. The van der Waals surface area contributed by atoms with Gasteiger partial charge in [-0.15, -0.1) is 0 Å². The molecule has 2 aromatic rings. The number of fused-ring (bicyclic) bond motifs is 1. The van der Waals surface area contributed by atoms with Crippen LogP contribution in [0, 0.1) is 0 Å². The number of carbonyl (C=O) groups is 1. The molecule has 3 rings (SSSR count). The molecule has 0 unspecified atom stereocenters. The lowest BCUT2D eigenvalue weighted by atomic mass is 9.94.